The second-order valence-corrected chi connectivity index (χ2v) is 9.62. The van der Waals surface area contributed by atoms with E-state index in [2.05, 4.69) is 4.98 Å². The summed E-state index contributed by atoms with van der Waals surface area (Å²) in [6.07, 6.45) is 6.63. The van der Waals surface area contributed by atoms with Gasteiger partial charge >= 0.3 is 0 Å². The third kappa shape index (κ3) is 5.50. The quantitative estimate of drug-likeness (QED) is 0.502. The molecule has 0 aliphatic heterocycles. The Morgan fingerprint density at radius 3 is 2.78 bits per heavy atom. The van der Waals surface area contributed by atoms with E-state index in [0.717, 1.165) is 57.3 Å². The maximum atomic E-state index is 12.9. The molecule has 0 radical (unpaired) electrons. The smallest absolute Gasteiger partial charge is 0.166 e. The first-order valence-corrected chi connectivity index (χ1v) is 11.3. The summed E-state index contributed by atoms with van der Waals surface area (Å²) in [4.78, 5) is 29.9. The Morgan fingerprint density at radius 2 is 2.04 bits per heavy atom. The second kappa shape index (κ2) is 9.62. The summed E-state index contributed by atoms with van der Waals surface area (Å²) in [5.74, 6) is 1.30. The van der Waals surface area contributed by atoms with Crippen molar-refractivity contribution in [3.05, 3.63) is 46.1 Å². The van der Waals surface area contributed by atoms with Crippen molar-refractivity contribution in [2.24, 2.45) is 11.7 Å². The monoisotopic (exact) mass is 402 g/mol. The molecular weight excluding hydrogens is 376 g/mol. The van der Waals surface area contributed by atoms with E-state index in [1.807, 2.05) is 31.3 Å². The average molecular weight is 403 g/mol. The molecule has 2 aromatic rings. The van der Waals surface area contributed by atoms with Crippen molar-refractivity contribution in [3.8, 4) is 0 Å². The molecule has 0 saturated heterocycles. The number of benzene rings is 1. The molecule has 2 N–H and O–H groups in total. The standard InChI is InChI=1S/C21H26N2O2S2/c1-14-6-7-16(18(10-14)21(25)15-4-2-3-5-15)11-17(24)12-19-23-13-20(27-19)26-9-8-22/h6-7,10,13,15H,2-5,8-9,11-12,22H2,1H3. The summed E-state index contributed by atoms with van der Waals surface area (Å²) in [5, 5.41) is 0.829. The van der Waals surface area contributed by atoms with Crippen LogP contribution in [0.15, 0.2) is 28.6 Å². The predicted octanol–water partition coefficient (Wildman–Crippen LogP) is 4.23. The average Bonchev–Trinajstić information content (AvgIpc) is 3.33. The number of Topliss-reactive ketones (excluding diaryl/α,β-unsaturated/α-hetero) is 2. The molecule has 1 aromatic carbocycles. The number of rotatable bonds is 9. The van der Waals surface area contributed by atoms with Gasteiger partial charge in [0.25, 0.3) is 0 Å². The molecular formula is C21H26N2O2S2. The van der Waals surface area contributed by atoms with Gasteiger partial charge in [-0.3, -0.25) is 9.59 Å². The van der Waals surface area contributed by atoms with Crippen molar-refractivity contribution >= 4 is 34.7 Å². The van der Waals surface area contributed by atoms with Gasteiger partial charge in [-0.2, -0.15) is 0 Å². The van der Waals surface area contributed by atoms with Crippen LogP contribution in [0, 0.1) is 12.8 Å². The summed E-state index contributed by atoms with van der Waals surface area (Å²) in [5.41, 5.74) is 8.19. The Morgan fingerprint density at radius 1 is 1.26 bits per heavy atom. The van der Waals surface area contributed by atoms with Gasteiger partial charge in [0.15, 0.2) is 5.78 Å². The number of aromatic nitrogens is 1. The van der Waals surface area contributed by atoms with Gasteiger partial charge < -0.3 is 5.73 Å². The minimum atomic E-state index is 0.101. The summed E-state index contributed by atoms with van der Waals surface area (Å²) in [6, 6.07) is 5.88. The number of hydrogen-bond donors (Lipinski definition) is 1. The minimum Gasteiger partial charge on any atom is -0.330 e. The van der Waals surface area contributed by atoms with Crippen LogP contribution in [0.3, 0.4) is 0 Å². The SMILES string of the molecule is Cc1ccc(CC(=O)Cc2ncc(SCCN)s2)c(C(=O)C2CCCC2)c1. The van der Waals surface area contributed by atoms with Crippen LogP contribution in [0.5, 0.6) is 0 Å². The third-order valence-electron chi connectivity index (χ3n) is 4.89. The van der Waals surface area contributed by atoms with Crippen LogP contribution in [0.1, 0.15) is 52.2 Å². The van der Waals surface area contributed by atoms with Gasteiger partial charge in [-0.05, 0) is 31.4 Å². The Labute approximate surface area is 169 Å². The lowest BCUT2D eigenvalue weighted by Gasteiger charge is -2.13. The van der Waals surface area contributed by atoms with Crippen LogP contribution in [-0.2, 0) is 17.6 Å². The molecule has 0 unspecified atom stereocenters. The van der Waals surface area contributed by atoms with Crippen LogP contribution in [0.4, 0.5) is 0 Å². The highest BCUT2D eigenvalue weighted by atomic mass is 32.2. The predicted molar refractivity (Wildman–Crippen MR) is 112 cm³/mol. The normalized spacial score (nSPS) is 14.6. The third-order valence-corrected chi connectivity index (χ3v) is 7.11. The van der Waals surface area contributed by atoms with Crippen molar-refractivity contribution in [1.29, 1.82) is 0 Å². The lowest BCUT2D eigenvalue weighted by atomic mass is 9.90. The number of aryl methyl sites for hydroxylation is 1. The van der Waals surface area contributed by atoms with Crippen LogP contribution in [-0.4, -0.2) is 28.8 Å². The Bertz CT molecular complexity index is 810. The molecule has 1 heterocycles. The highest BCUT2D eigenvalue weighted by Gasteiger charge is 2.26. The van der Waals surface area contributed by atoms with Crippen molar-refractivity contribution in [2.45, 2.75) is 49.7 Å². The van der Waals surface area contributed by atoms with Crippen LogP contribution in [0.25, 0.3) is 0 Å². The van der Waals surface area contributed by atoms with Gasteiger partial charge in [-0.15, -0.1) is 23.1 Å². The maximum Gasteiger partial charge on any atom is 0.166 e. The highest BCUT2D eigenvalue weighted by molar-refractivity contribution is 8.01. The first-order valence-electron chi connectivity index (χ1n) is 9.50. The number of hydrogen-bond acceptors (Lipinski definition) is 6. The van der Waals surface area contributed by atoms with Crippen molar-refractivity contribution in [3.63, 3.8) is 0 Å². The number of ketones is 2. The van der Waals surface area contributed by atoms with Gasteiger partial charge in [0.2, 0.25) is 0 Å². The number of nitrogens with zero attached hydrogens (tertiary/aromatic N) is 1. The van der Waals surface area contributed by atoms with Gasteiger partial charge in [0.1, 0.15) is 10.8 Å². The molecule has 144 valence electrons. The zero-order chi connectivity index (χ0) is 19.2. The second-order valence-electron chi connectivity index (χ2n) is 7.11. The molecule has 6 heteroatoms. The molecule has 1 aromatic heterocycles. The largest absolute Gasteiger partial charge is 0.330 e. The van der Waals surface area contributed by atoms with Crippen LogP contribution < -0.4 is 5.73 Å². The minimum absolute atomic E-state index is 0.101. The Kier molecular flexibility index (Phi) is 7.21. The molecule has 1 aliphatic carbocycles. The number of thiazole rings is 1. The van der Waals surface area contributed by atoms with E-state index in [9.17, 15) is 9.59 Å². The zero-order valence-electron chi connectivity index (χ0n) is 15.7. The lowest BCUT2D eigenvalue weighted by Crippen LogP contribution is -2.16. The van der Waals surface area contributed by atoms with Crippen LogP contribution in [0.2, 0.25) is 0 Å². The van der Waals surface area contributed by atoms with E-state index < -0.39 is 0 Å². The van der Waals surface area contributed by atoms with E-state index in [1.54, 1.807) is 23.1 Å². The topological polar surface area (TPSA) is 73.1 Å². The van der Waals surface area contributed by atoms with E-state index in [4.69, 9.17) is 5.73 Å². The number of carbonyl (C=O) groups is 2. The van der Waals surface area contributed by atoms with E-state index in [0.29, 0.717) is 19.4 Å². The molecule has 1 aliphatic rings. The first kappa shape index (κ1) is 20.2. The number of thioether (sulfide) groups is 1. The molecule has 0 bridgehead atoms. The molecule has 27 heavy (non-hydrogen) atoms. The van der Waals surface area contributed by atoms with E-state index in [1.165, 1.54) is 0 Å². The Balaban J connectivity index is 1.68. The lowest BCUT2D eigenvalue weighted by molar-refractivity contribution is -0.117. The molecule has 0 atom stereocenters. The van der Waals surface area contributed by atoms with Gasteiger partial charge in [0.05, 0.1) is 16.8 Å². The fraction of sp³-hybridized carbons (Fsp3) is 0.476. The fourth-order valence-electron chi connectivity index (χ4n) is 3.53. The molecule has 4 nitrogen and oxygen atoms in total. The van der Waals surface area contributed by atoms with Crippen LogP contribution >= 0.6 is 23.1 Å². The first-order chi connectivity index (χ1) is 13.1. The molecule has 0 amide bonds. The van der Waals surface area contributed by atoms with E-state index >= 15 is 0 Å². The molecule has 1 saturated carbocycles. The number of nitrogens with two attached hydrogens (primary N) is 1. The number of carbonyl (C=O) groups excluding carboxylic acids is 2. The van der Waals surface area contributed by atoms with Crippen molar-refractivity contribution in [1.82, 2.24) is 4.98 Å². The highest BCUT2D eigenvalue weighted by Crippen LogP contribution is 2.30. The van der Waals surface area contributed by atoms with Gasteiger partial charge in [-0.1, -0.05) is 30.5 Å². The maximum absolute atomic E-state index is 12.9. The molecule has 1 fully saturated rings. The van der Waals surface area contributed by atoms with E-state index in [-0.39, 0.29) is 17.5 Å². The zero-order valence-corrected chi connectivity index (χ0v) is 17.3. The van der Waals surface area contributed by atoms with Crippen molar-refractivity contribution < 1.29 is 9.59 Å². The molecule has 3 rings (SSSR count). The van der Waals surface area contributed by atoms with Crippen molar-refractivity contribution in [2.75, 3.05) is 12.3 Å². The summed E-state index contributed by atoms with van der Waals surface area (Å²) < 4.78 is 1.09. The van der Waals surface area contributed by atoms with Gasteiger partial charge in [0, 0.05) is 30.2 Å². The summed E-state index contributed by atoms with van der Waals surface area (Å²) in [6.45, 7) is 2.62. The summed E-state index contributed by atoms with van der Waals surface area (Å²) in [7, 11) is 0. The Hall–Kier alpha value is -1.50. The fourth-order valence-corrected chi connectivity index (χ4v) is 5.42. The van der Waals surface area contributed by atoms with Gasteiger partial charge in [-0.25, -0.2) is 4.98 Å². The molecule has 0 spiro atoms. The summed E-state index contributed by atoms with van der Waals surface area (Å²) >= 11 is 3.22.